The van der Waals surface area contributed by atoms with Gasteiger partial charge in [-0.2, -0.15) is 0 Å². The molecule has 1 aliphatic heterocycles. The van der Waals surface area contributed by atoms with Crippen molar-refractivity contribution in [3.05, 3.63) is 71.8 Å². The second-order valence-corrected chi connectivity index (χ2v) is 6.92. The Labute approximate surface area is 136 Å². The normalized spacial score (nSPS) is 26.7. The molecule has 23 heavy (non-hydrogen) atoms. The van der Waals surface area contributed by atoms with E-state index in [1.54, 1.807) is 36.4 Å². The largest absolute Gasteiger partial charge is 0.358 e. The third-order valence-electron chi connectivity index (χ3n) is 4.44. The van der Waals surface area contributed by atoms with Crippen molar-refractivity contribution in [3.63, 3.8) is 0 Å². The molecule has 0 aromatic heterocycles. The number of ketones is 1. The summed E-state index contributed by atoms with van der Waals surface area (Å²) in [5.74, 6) is -0.313. The summed E-state index contributed by atoms with van der Waals surface area (Å²) in [6.45, 7) is 4.27. The van der Waals surface area contributed by atoms with E-state index in [9.17, 15) is 4.79 Å². The lowest BCUT2D eigenvalue weighted by Crippen LogP contribution is -2.54. The molecule has 2 nitrogen and oxygen atoms in total. The molecular formula is C20H21FO2. The molecule has 0 unspecified atom stereocenters. The van der Waals surface area contributed by atoms with Gasteiger partial charge < -0.3 is 4.74 Å². The first-order valence-corrected chi connectivity index (χ1v) is 7.89. The van der Waals surface area contributed by atoms with Crippen molar-refractivity contribution < 1.29 is 13.9 Å². The predicted molar refractivity (Wildman–Crippen MR) is 88.1 cm³/mol. The third kappa shape index (κ3) is 2.81. The maximum Gasteiger partial charge on any atom is 0.202 e. The van der Waals surface area contributed by atoms with Crippen LogP contribution in [0.2, 0.25) is 0 Å². The summed E-state index contributed by atoms with van der Waals surface area (Å²) in [7, 11) is 0. The predicted octanol–water partition coefficient (Wildman–Crippen LogP) is 4.55. The minimum Gasteiger partial charge on any atom is -0.358 e. The highest BCUT2D eigenvalue weighted by Crippen LogP contribution is 2.45. The number of rotatable bonds is 3. The lowest BCUT2D eigenvalue weighted by atomic mass is 9.73. The fraction of sp³-hybridized carbons (Fsp3) is 0.350. The van der Waals surface area contributed by atoms with Gasteiger partial charge in [-0.25, -0.2) is 4.39 Å². The second kappa shape index (κ2) is 5.89. The lowest BCUT2D eigenvalue weighted by molar-refractivity contribution is -0.147. The number of benzene rings is 2. The minimum atomic E-state index is -1.56. The highest BCUT2D eigenvalue weighted by molar-refractivity contribution is 6.03. The van der Waals surface area contributed by atoms with Crippen LogP contribution in [-0.2, 0) is 10.3 Å². The van der Waals surface area contributed by atoms with E-state index in [4.69, 9.17) is 4.74 Å². The van der Waals surface area contributed by atoms with E-state index in [0.29, 0.717) is 24.2 Å². The minimum absolute atomic E-state index is 0.283. The lowest BCUT2D eigenvalue weighted by Gasteiger charge is -2.45. The van der Waals surface area contributed by atoms with Crippen molar-refractivity contribution in [2.45, 2.75) is 32.0 Å². The first-order chi connectivity index (χ1) is 11.0. The van der Waals surface area contributed by atoms with E-state index in [2.05, 4.69) is 0 Å². The summed E-state index contributed by atoms with van der Waals surface area (Å²) in [6, 6.07) is 17.8. The maximum atomic E-state index is 15.3. The molecule has 1 fully saturated rings. The molecule has 0 bridgehead atoms. The van der Waals surface area contributed by atoms with Crippen LogP contribution in [0.15, 0.2) is 60.7 Å². The van der Waals surface area contributed by atoms with Gasteiger partial charge >= 0.3 is 0 Å². The van der Waals surface area contributed by atoms with Crippen molar-refractivity contribution >= 4 is 5.78 Å². The number of carbonyl (C=O) groups excluding carboxylic acids is 1. The standard InChI is InChI=1S/C20H21FO2/c1-19(2)13-17(21)20(23-14-19,16-11-7-4-8-12-16)18(22)15-9-5-3-6-10-15/h3-12,17H,13-14H2,1-2H3/t17-,20+/m0/s1. The monoisotopic (exact) mass is 312 g/mol. The summed E-state index contributed by atoms with van der Waals surface area (Å²) >= 11 is 0. The van der Waals surface area contributed by atoms with E-state index in [0.717, 1.165) is 0 Å². The van der Waals surface area contributed by atoms with Crippen molar-refractivity contribution in [2.24, 2.45) is 5.41 Å². The summed E-state index contributed by atoms with van der Waals surface area (Å²) in [4.78, 5) is 13.2. The van der Waals surface area contributed by atoms with Gasteiger partial charge in [-0.3, -0.25) is 4.79 Å². The Morgan fingerprint density at radius 1 is 1.04 bits per heavy atom. The van der Waals surface area contributed by atoms with Gasteiger partial charge in [0.05, 0.1) is 6.61 Å². The molecule has 0 spiro atoms. The average Bonchev–Trinajstić information content (AvgIpc) is 2.56. The van der Waals surface area contributed by atoms with Crippen LogP contribution >= 0.6 is 0 Å². The van der Waals surface area contributed by atoms with Crippen LogP contribution in [0.3, 0.4) is 0 Å². The third-order valence-corrected chi connectivity index (χ3v) is 4.44. The van der Waals surface area contributed by atoms with E-state index in [-0.39, 0.29) is 11.2 Å². The second-order valence-electron chi connectivity index (χ2n) is 6.92. The number of ether oxygens (including phenoxy) is 1. The fourth-order valence-corrected chi connectivity index (χ4v) is 3.18. The van der Waals surface area contributed by atoms with Gasteiger partial charge in [-0.05, 0) is 17.4 Å². The quantitative estimate of drug-likeness (QED) is 0.777. The molecule has 0 amide bonds. The topological polar surface area (TPSA) is 26.3 Å². The Morgan fingerprint density at radius 2 is 1.61 bits per heavy atom. The summed E-state index contributed by atoms with van der Waals surface area (Å²) in [5.41, 5.74) is -0.789. The highest BCUT2D eigenvalue weighted by atomic mass is 19.1. The van der Waals surface area contributed by atoms with Crippen LogP contribution in [0.1, 0.15) is 36.2 Å². The molecule has 2 atom stereocenters. The highest BCUT2D eigenvalue weighted by Gasteiger charge is 2.54. The number of carbonyl (C=O) groups is 1. The molecule has 2 aromatic rings. The smallest absolute Gasteiger partial charge is 0.202 e. The number of halogens is 1. The average molecular weight is 312 g/mol. The van der Waals surface area contributed by atoms with E-state index in [1.165, 1.54) is 0 Å². The van der Waals surface area contributed by atoms with Crippen molar-refractivity contribution in [3.8, 4) is 0 Å². The Morgan fingerprint density at radius 3 is 2.17 bits per heavy atom. The van der Waals surface area contributed by atoms with E-state index < -0.39 is 11.8 Å². The number of hydrogen-bond donors (Lipinski definition) is 0. The van der Waals surface area contributed by atoms with Crippen LogP contribution in [0.25, 0.3) is 0 Å². The van der Waals surface area contributed by atoms with Crippen LogP contribution in [-0.4, -0.2) is 18.6 Å². The van der Waals surface area contributed by atoms with Gasteiger partial charge in [0.15, 0.2) is 5.60 Å². The molecular weight excluding hydrogens is 291 g/mol. The van der Waals surface area contributed by atoms with Gasteiger partial charge in [-0.15, -0.1) is 0 Å². The molecule has 0 aliphatic carbocycles. The first kappa shape index (κ1) is 15.9. The molecule has 1 heterocycles. The molecule has 0 N–H and O–H groups in total. The van der Waals surface area contributed by atoms with Crippen molar-refractivity contribution in [1.82, 2.24) is 0 Å². The molecule has 3 heteroatoms. The summed E-state index contributed by atoms with van der Waals surface area (Å²) < 4.78 is 21.2. The molecule has 1 saturated heterocycles. The van der Waals surface area contributed by atoms with Crippen molar-refractivity contribution in [1.29, 1.82) is 0 Å². The van der Waals surface area contributed by atoms with Crippen LogP contribution in [0.5, 0.6) is 0 Å². The summed E-state index contributed by atoms with van der Waals surface area (Å²) in [6.07, 6.45) is -1.10. The Balaban J connectivity index is 2.10. The fourth-order valence-electron chi connectivity index (χ4n) is 3.18. The van der Waals surface area contributed by atoms with Crippen LogP contribution in [0, 0.1) is 5.41 Å². The molecule has 120 valence electrons. The van der Waals surface area contributed by atoms with Gasteiger partial charge in [0.25, 0.3) is 0 Å². The first-order valence-electron chi connectivity index (χ1n) is 7.89. The zero-order valence-electron chi connectivity index (χ0n) is 13.5. The molecule has 0 saturated carbocycles. The van der Waals surface area contributed by atoms with Gasteiger partial charge in [0.1, 0.15) is 6.17 Å². The molecule has 1 aliphatic rings. The van der Waals surface area contributed by atoms with Crippen LogP contribution in [0.4, 0.5) is 4.39 Å². The zero-order valence-corrected chi connectivity index (χ0v) is 13.5. The SMILES string of the molecule is CC1(C)CO[C@](C(=O)c2ccccc2)(c2ccccc2)[C@@H](F)C1. The molecule has 2 aromatic carbocycles. The van der Waals surface area contributed by atoms with Gasteiger partial charge in [-0.1, -0.05) is 74.5 Å². The maximum absolute atomic E-state index is 15.3. The Hall–Kier alpha value is -2.00. The number of Topliss-reactive ketones (excluding diaryl/α,β-unsaturated/α-hetero) is 1. The summed E-state index contributed by atoms with van der Waals surface area (Å²) in [5, 5.41) is 0. The zero-order chi connectivity index (χ0) is 16.5. The van der Waals surface area contributed by atoms with Crippen LogP contribution < -0.4 is 0 Å². The number of alkyl halides is 1. The molecule has 3 rings (SSSR count). The van der Waals surface area contributed by atoms with Gasteiger partial charge in [0.2, 0.25) is 5.78 Å². The Kier molecular flexibility index (Phi) is 4.07. The number of hydrogen-bond acceptors (Lipinski definition) is 2. The van der Waals surface area contributed by atoms with Gasteiger partial charge in [0, 0.05) is 5.56 Å². The Bertz CT molecular complexity index is 681. The van der Waals surface area contributed by atoms with E-state index >= 15 is 4.39 Å². The molecule has 0 radical (unpaired) electrons. The van der Waals surface area contributed by atoms with E-state index in [1.807, 2.05) is 38.1 Å². The van der Waals surface area contributed by atoms with Crippen molar-refractivity contribution in [2.75, 3.05) is 6.61 Å².